The molecular formula is C9H20N2. The summed E-state index contributed by atoms with van der Waals surface area (Å²) in [6.07, 6.45) is 4.10. The first-order valence-electron chi connectivity index (χ1n) is 4.66. The highest BCUT2D eigenvalue weighted by Gasteiger charge is 2.24. The van der Waals surface area contributed by atoms with E-state index in [9.17, 15) is 0 Å². The lowest BCUT2D eigenvalue weighted by Crippen LogP contribution is -2.45. The standard InChI is InChI=1S/C9H20N2/c1-7-4-5-8(2)9(6-7)11-10-3/h7-11H,4-6H2,1-3H3. The Morgan fingerprint density at radius 2 is 1.91 bits per heavy atom. The molecule has 0 aliphatic heterocycles. The molecule has 0 aromatic heterocycles. The van der Waals surface area contributed by atoms with Gasteiger partial charge in [0.05, 0.1) is 0 Å². The van der Waals surface area contributed by atoms with Crippen molar-refractivity contribution in [3.05, 3.63) is 0 Å². The molecule has 0 radical (unpaired) electrons. The SMILES string of the molecule is CNNC1CC(C)CCC1C. The first-order chi connectivity index (χ1) is 5.24. The lowest BCUT2D eigenvalue weighted by atomic mass is 9.80. The molecule has 0 saturated heterocycles. The fourth-order valence-corrected chi connectivity index (χ4v) is 1.92. The third-order valence-corrected chi connectivity index (χ3v) is 2.79. The van der Waals surface area contributed by atoms with Gasteiger partial charge in [-0.25, -0.2) is 0 Å². The number of hydrogen-bond acceptors (Lipinski definition) is 2. The molecule has 1 rings (SSSR count). The Morgan fingerprint density at radius 1 is 1.18 bits per heavy atom. The molecule has 0 aromatic carbocycles. The van der Waals surface area contributed by atoms with Crippen molar-refractivity contribution in [1.29, 1.82) is 0 Å². The van der Waals surface area contributed by atoms with Crippen LogP contribution in [0.25, 0.3) is 0 Å². The number of hydrazine groups is 1. The first-order valence-corrected chi connectivity index (χ1v) is 4.66. The molecule has 1 aliphatic rings. The van der Waals surface area contributed by atoms with E-state index in [2.05, 4.69) is 24.7 Å². The lowest BCUT2D eigenvalue weighted by Gasteiger charge is -2.32. The van der Waals surface area contributed by atoms with Gasteiger partial charge in [-0.1, -0.05) is 20.3 Å². The van der Waals surface area contributed by atoms with Crippen molar-refractivity contribution in [1.82, 2.24) is 10.9 Å². The molecule has 3 unspecified atom stereocenters. The van der Waals surface area contributed by atoms with E-state index in [0.717, 1.165) is 11.8 Å². The summed E-state index contributed by atoms with van der Waals surface area (Å²) in [5.41, 5.74) is 6.35. The second-order valence-electron chi connectivity index (χ2n) is 3.90. The van der Waals surface area contributed by atoms with Gasteiger partial charge in [0.15, 0.2) is 0 Å². The zero-order valence-corrected chi connectivity index (χ0v) is 7.85. The summed E-state index contributed by atoms with van der Waals surface area (Å²) < 4.78 is 0. The molecule has 3 atom stereocenters. The molecule has 2 nitrogen and oxygen atoms in total. The van der Waals surface area contributed by atoms with E-state index in [4.69, 9.17) is 0 Å². The Hall–Kier alpha value is -0.0800. The van der Waals surface area contributed by atoms with Crippen molar-refractivity contribution in [3.8, 4) is 0 Å². The van der Waals surface area contributed by atoms with Crippen LogP contribution in [0.15, 0.2) is 0 Å². The highest BCUT2D eigenvalue weighted by Crippen LogP contribution is 2.27. The van der Waals surface area contributed by atoms with E-state index in [1.54, 1.807) is 0 Å². The maximum absolute atomic E-state index is 3.31. The van der Waals surface area contributed by atoms with Crippen molar-refractivity contribution >= 4 is 0 Å². The highest BCUT2D eigenvalue weighted by atomic mass is 15.4. The van der Waals surface area contributed by atoms with E-state index < -0.39 is 0 Å². The maximum Gasteiger partial charge on any atom is 0.0240 e. The zero-order valence-electron chi connectivity index (χ0n) is 7.85. The van der Waals surface area contributed by atoms with E-state index in [1.807, 2.05) is 7.05 Å². The van der Waals surface area contributed by atoms with Crippen molar-refractivity contribution in [3.63, 3.8) is 0 Å². The van der Waals surface area contributed by atoms with Crippen LogP contribution in [-0.2, 0) is 0 Å². The normalized spacial score (nSPS) is 39.0. The van der Waals surface area contributed by atoms with Gasteiger partial charge in [0.1, 0.15) is 0 Å². The van der Waals surface area contributed by atoms with Gasteiger partial charge in [-0.3, -0.25) is 10.9 Å². The summed E-state index contributed by atoms with van der Waals surface area (Å²) in [6, 6.07) is 0.684. The number of rotatable bonds is 2. The van der Waals surface area contributed by atoms with Crippen LogP contribution in [0.4, 0.5) is 0 Å². The Kier molecular flexibility index (Phi) is 3.34. The molecule has 66 valence electrons. The Bertz CT molecular complexity index is 114. The van der Waals surface area contributed by atoms with Crippen LogP contribution >= 0.6 is 0 Å². The van der Waals surface area contributed by atoms with E-state index in [0.29, 0.717) is 6.04 Å². The lowest BCUT2D eigenvalue weighted by molar-refractivity contribution is 0.215. The Balaban J connectivity index is 2.34. The van der Waals surface area contributed by atoms with Crippen LogP contribution in [0.2, 0.25) is 0 Å². The van der Waals surface area contributed by atoms with Crippen LogP contribution in [0, 0.1) is 11.8 Å². The quantitative estimate of drug-likeness (QED) is 0.593. The average Bonchev–Trinajstić information content (AvgIpc) is 1.98. The largest absolute Gasteiger partial charge is 0.261 e. The van der Waals surface area contributed by atoms with Gasteiger partial charge in [-0.15, -0.1) is 0 Å². The number of nitrogens with one attached hydrogen (secondary N) is 2. The maximum atomic E-state index is 3.31. The van der Waals surface area contributed by atoms with Gasteiger partial charge in [-0.2, -0.15) is 0 Å². The summed E-state index contributed by atoms with van der Waals surface area (Å²) in [4.78, 5) is 0. The summed E-state index contributed by atoms with van der Waals surface area (Å²) in [5.74, 6) is 1.73. The molecule has 1 aliphatic carbocycles. The predicted molar refractivity (Wildman–Crippen MR) is 48.2 cm³/mol. The Labute approximate surface area is 69.7 Å². The highest BCUT2D eigenvalue weighted by molar-refractivity contribution is 4.79. The minimum absolute atomic E-state index is 0.684. The van der Waals surface area contributed by atoms with Gasteiger partial charge >= 0.3 is 0 Å². The van der Waals surface area contributed by atoms with Gasteiger partial charge in [0, 0.05) is 6.04 Å². The predicted octanol–water partition coefficient (Wildman–Crippen LogP) is 1.54. The van der Waals surface area contributed by atoms with Crippen LogP contribution in [0.3, 0.4) is 0 Å². The fourth-order valence-electron chi connectivity index (χ4n) is 1.92. The first kappa shape index (κ1) is 9.01. The molecule has 1 saturated carbocycles. The topological polar surface area (TPSA) is 24.1 Å². The molecule has 0 heterocycles. The minimum Gasteiger partial charge on any atom is -0.261 e. The van der Waals surface area contributed by atoms with E-state index >= 15 is 0 Å². The minimum atomic E-state index is 0.684. The second kappa shape index (κ2) is 4.07. The summed E-state index contributed by atoms with van der Waals surface area (Å²) in [6.45, 7) is 4.68. The number of hydrogen-bond donors (Lipinski definition) is 2. The van der Waals surface area contributed by atoms with Crippen LogP contribution < -0.4 is 10.9 Å². The monoisotopic (exact) mass is 156 g/mol. The Morgan fingerprint density at radius 3 is 2.55 bits per heavy atom. The summed E-state index contributed by atoms with van der Waals surface area (Å²) in [5, 5.41) is 0. The molecule has 0 aromatic rings. The van der Waals surface area contributed by atoms with Crippen LogP contribution in [0.5, 0.6) is 0 Å². The molecule has 11 heavy (non-hydrogen) atoms. The zero-order chi connectivity index (χ0) is 8.27. The van der Waals surface area contributed by atoms with Gasteiger partial charge in [-0.05, 0) is 31.7 Å². The molecule has 0 bridgehead atoms. The van der Waals surface area contributed by atoms with Crippen LogP contribution in [-0.4, -0.2) is 13.1 Å². The van der Waals surface area contributed by atoms with E-state index in [-0.39, 0.29) is 0 Å². The van der Waals surface area contributed by atoms with Crippen LogP contribution in [0.1, 0.15) is 33.1 Å². The molecular weight excluding hydrogens is 136 g/mol. The average molecular weight is 156 g/mol. The van der Waals surface area contributed by atoms with Crippen molar-refractivity contribution in [2.24, 2.45) is 11.8 Å². The smallest absolute Gasteiger partial charge is 0.0240 e. The van der Waals surface area contributed by atoms with Crippen molar-refractivity contribution in [2.45, 2.75) is 39.2 Å². The summed E-state index contributed by atoms with van der Waals surface area (Å²) >= 11 is 0. The molecule has 2 heteroatoms. The fraction of sp³-hybridized carbons (Fsp3) is 1.00. The summed E-state index contributed by atoms with van der Waals surface area (Å²) in [7, 11) is 1.95. The molecule has 1 fully saturated rings. The third-order valence-electron chi connectivity index (χ3n) is 2.79. The molecule has 0 spiro atoms. The molecule has 2 N–H and O–H groups in total. The van der Waals surface area contributed by atoms with E-state index in [1.165, 1.54) is 19.3 Å². The van der Waals surface area contributed by atoms with Gasteiger partial charge < -0.3 is 0 Å². The van der Waals surface area contributed by atoms with Gasteiger partial charge in [0.25, 0.3) is 0 Å². The third kappa shape index (κ3) is 2.46. The van der Waals surface area contributed by atoms with Gasteiger partial charge in [0.2, 0.25) is 0 Å². The van der Waals surface area contributed by atoms with Crippen molar-refractivity contribution < 1.29 is 0 Å². The second-order valence-corrected chi connectivity index (χ2v) is 3.90. The van der Waals surface area contributed by atoms with Crippen molar-refractivity contribution in [2.75, 3.05) is 7.05 Å². The molecule has 0 amide bonds.